The molecule has 0 aliphatic heterocycles. The first-order chi connectivity index (χ1) is 13.2. The normalized spacial score (nSPS) is 19.8. The Morgan fingerprint density at radius 3 is 3.00 bits per heavy atom. The number of hydrogen-bond acceptors (Lipinski definition) is 6. The van der Waals surface area contributed by atoms with Gasteiger partial charge in [0.15, 0.2) is 5.65 Å². The van der Waals surface area contributed by atoms with E-state index in [0.717, 1.165) is 53.0 Å². The van der Waals surface area contributed by atoms with E-state index in [1.165, 1.54) is 0 Å². The second kappa shape index (κ2) is 6.24. The third-order valence-corrected chi connectivity index (χ3v) is 5.18. The molecule has 0 saturated heterocycles. The third-order valence-electron chi connectivity index (χ3n) is 5.18. The number of H-pyrrole nitrogens is 1. The molecule has 1 aromatic carbocycles. The van der Waals surface area contributed by atoms with Crippen LogP contribution in [0.1, 0.15) is 25.0 Å². The molecule has 4 N–H and O–H groups in total. The van der Waals surface area contributed by atoms with Gasteiger partial charge in [0.2, 0.25) is 5.95 Å². The van der Waals surface area contributed by atoms with Gasteiger partial charge in [0.05, 0.1) is 23.4 Å². The zero-order chi connectivity index (χ0) is 18.4. The number of aryl methyl sites for hydroxylation is 1. The average molecular weight is 363 g/mol. The molecule has 5 rings (SSSR count). The largest absolute Gasteiger partial charge is 0.391 e. The minimum atomic E-state index is -0.314. The fourth-order valence-electron chi connectivity index (χ4n) is 3.73. The molecule has 1 aliphatic rings. The molecule has 1 fully saturated rings. The zero-order valence-electron chi connectivity index (χ0n) is 15.0. The van der Waals surface area contributed by atoms with Gasteiger partial charge in [-0.25, -0.2) is 0 Å². The van der Waals surface area contributed by atoms with Crippen LogP contribution in [0, 0.1) is 6.92 Å². The quantitative estimate of drug-likeness (QED) is 0.444. The van der Waals surface area contributed by atoms with Crippen LogP contribution in [0.5, 0.6) is 0 Å². The number of aromatic nitrogens is 5. The second-order valence-corrected chi connectivity index (χ2v) is 7.06. The lowest BCUT2D eigenvalue weighted by molar-refractivity contribution is 0.171. The smallest absolute Gasteiger partial charge is 0.247 e. The summed E-state index contributed by atoms with van der Waals surface area (Å²) < 4.78 is 1.77. The minimum Gasteiger partial charge on any atom is -0.391 e. The Balaban J connectivity index is 1.44. The first-order valence-electron chi connectivity index (χ1n) is 9.19. The van der Waals surface area contributed by atoms with Gasteiger partial charge in [-0.2, -0.15) is 14.6 Å². The van der Waals surface area contributed by atoms with Gasteiger partial charge in [0, 0.05) is 11.1 Å². The number of anilines is 3. The number of nitrogens with zero attached hydrogens (tertiary/aromatic N) is 4. The van der Waals surface area contributed by atoms with Gasteiger partial charge >= 0.3 is 0 Å². The van der Waals surface area contributed by atoms with Crippen LogP contribution in [0.15, 0.2) is 36.4 Å². The maximum absolute atomic E-state index is 10.1. The Bertz CT molecular complexity index is 1120. The van der Waals surface area contributed by atoms with Crippen molar-refractivity contribution in [2.24, 2.45) is 0 Å². The molecule has 1 saturated carbocycles. The number of rotatable bonds is 4. The molecule has 8 heteroatoms. The van der Waals surface area contributed by atoms with Gasteiger partial charge in [0.1, 0.15) is 5.82 Å². The van der Waals surface area contributed by atoms with Crippen LogP contribution < -0.4 is 10.6 Å². The monoisotopic (exact) mass is 363 g/mol. The van der Waals surface area contributed by atoms with Crippen molar-refractivity contribution in [3.05, 3.63) is 42.1 Å². The van der Waals surface area contributed by atoms with E-state index in [0.29, 0.717) is 5.95 Å². The minimum absolute atomic E-state index is 0.0576. The summed E-state index contributed by atoms with van der Waals surface area (Å²) in [5, 5.41) is 29.7. The Hall–Kier alpha value is -3.13. The predicted molar refractivity (Wildman–Crippen MR) is 104 cm³/mol. The molecule has 0 radical (unpaired) electrons. The number of aliphatic hydroxyl groups excluding tert-OH is 1. The molecule has 1 aliphatic carbocycles. The van der Waals surface area contributed by atoms with E-state index in [1.807, 2.05) is 43.3 Å². The van der Waals surface area contributed by atoms with Crippen molar-refractivity contribution in [3.63, 3.8) is 0 Å². The molecule has 0 unspecified atom stereocenters. The Labute approximate surface area is 155 Å². The van der Waals surface area contributed by atoms with Crippen molar-refractivity contribution in [1.29, 1.82) is 0 Å². The second-order valence-electron chi connectivity index (χ2n) is 7.06. The lowest BCUT2D eigenvalue weighted by Gasteiger charge is -2.17. The number of aromatic amines is 1. The summed E-state index contributed by atoms with van der Waals surface area (Å²) in [5.41, 5.74) is 3.59. The summed E-state index contributed by atoms with van der Waals surface area (Å²) in [4.78, 5) is 4.56. The van der Waals surface area contributed by atoms with Crippen LogP contribution in [0.4, 0.5) is 17.5 Å². The van der Waals surface area contributed by atoms with Gasteiger partial charge in [-0.05, 0) is 56.5 Å². The molecule has 3 heterocycles. The highest BCUT2D eigenvalue weighted by atomic mass is 16.3. The van der Waals surface area contributed by atoms with E-state index in [-0.39, 0.29) is 12.1 Å². The summed E-state index contributed by atoms with van der Waals surface area (Å²) in [6, 6.07) is 11.9. The highest BCUT2D eigenvalue weighted by Crippen LogP contribution is 2.25. The topological polar surface area (TPSA) is 103 Å². The van der Waals surface area contributed by atoms with Crippen molar-refractivity contribution in [2.45, 2.75) is 38.3 Å². The first kappa shape index (κ1) is 16.1. The van der Waals surface area contributed by atoms with Crippen LogP contribution >= 0.6 is 0 Å². The van der Waals surface area contributed by atoms with Gasteiger partial charge in [-0.3, -0.25) is 5.10 Å². The predicted octanol–water partition coefficient (Wildman–Crippen LogP) is 2.98. The van der Waals surface area contributed by atoms with Crippen molar-refractivity contribution >= 4 is 34.0 Å². The zero-order valence-corrected chi connectivity index (χ0v) is 15.0. The van der Waals surface area contributed by atoms with Gasteiger partial charge in [-0.1, -0.05) is 6.07 Å². The fourth-order valence-corrected chi connectivity index (χ4v) is 3.73. The summed E-state index contributed by atoms with van der Waals surface area (Å²) in [5.74, 6) is 1.35. The number of nitrogens with one attached hydrogen (secondary N) is 3. The van der Waals surface area contributed by atoms with E-state index in [9.17, 15) is 5.11 Å². The maximum Gasteiger partial charge on any atom is 0.247 e. The molecule has 4 aromatic rings. The van der Waals surface area contributed by atoms with E-state index in [2.05, 4.69) is 30.9 Å². The molecule has 2 atom stereocenters. The lowest BCUT2D eigenvalue weighted by atomic mass is 10.2. The lowest BCUT2D eigenvalue weighted by Crippen LogP contribution is -2.28. The molecule has 138 valence electrons. The van der Waals surface area contributed by atoms with E-state index in [1.54, 1.807) is 4.52 Å². The number of hydrogen-bond donors (Lipinski definition) is 4. The highest BCUT2D eigenvalue weighted by Gasteiger charge is 2.25. The summed E-state index contributed by atoms with van der Waals surface area (Å²) in [6.45, 7) is 1.98. The fraction of sp³-hybridized carbons (Fsp3) is 0.316. The number of pyridine rings is 1. The van der Waals surface area contributed by atoms with E-state index < -0.39 is 0 Å². The van der Waals surface area contributed by atoms with Crippen LogP contribution in [0.2, 0.25) is 0 Å². The van der Waals surface area contributed by atoms with Gasteiger partial charge < -0.3 is 15.7 Å². The molecular weight excluding hydrogens is 342 g/mol. The van der Waals surface area contributed by atoms with Crippen LogP contribution in [-0.2, 0) is 0 Å². The molecular formula is C19H21N7O. The van der Waals surface area contributed by atoms with Crippen LogP contribution in [0.25, 0.3) is 16.6 Å². The van der Waals surface area contributed by atoms with Gasteiger partial charge in [-0.15, -0.1) is 5.10 Å². The summed E-state index contributed by atoms with van der Waals surface area (Å²) in [7, 11) is 0. The number of fused-ring (bicyclic) bond motifs is 2. The van der Waals surface area contributed by atoms with Crippen LogP contribution in [-0.4, -0.2) is 42.0 Å². The van der Waals surface area contributed by atoms with Gasteiger partial charge in [0.25, 0.3) is 0 Å². The molecule has 27 heavy (non-hydrogen) atoms. The molecule has 3 aromatic heterocycles. The maximum atomic E-state index is 10.1. The van der Waals surface area contributed by atoms with Crippen LogP contribution in [0.3, 0.4) is 0 Å². The standard InChI is InChI=1S/C19H21N7O/c1-11-13-9-8-12(10-15(13)24-23-11)20-19-22-18-7-3-6-17(26(18)25-19)21-14-4-2-5-16(14)27/h3,6-10,14,16,21,27H,2,4-5H2,1H3,(H,20,25)(H,23,24)/t14-,16-/m0/s1. The third kappa shape index (κ3) is 2.87. The van der Waals surface area contributed by atoms with E-state index in [4.69, 9.17) is 0 Å². The average Bonchev–Trinajstić information content (AvgIpc) is 3.35. The van der Waals surface area contributed by atoms with Crippen molar-refractivity contribution < 1.29 is 5.11 Å². The summed E-state index contributed by atoms with van der Waals surface area (Å²) >= 11 is 0. The number of aliphatic hydroxyl groups is 1. The Morgan fingerprint density at radius 1 is 1.22 bits per heavy atom. The Morgan fingerprint density at radius 2 is 2.15 bits per heavy atom. The highest BCUT2D eigenvalue weighted by molar-refractivity contribution is 5.85. The SMILES string of the molecule is Cc1n[nH]c2cc(Nc3nc4cccc(N[C@H]5CCC[C@@H]5O)n4n3)ccc12. The molecule has 8 nitrogen and oxygen atoms in total. The van der Waals surface area contributed by atoms with E-state index >= 15 is 0 Å². The Kier molecular flexibility index (Phi) is 3.71. The summed E-state index contributed by atoms with van der Waals surface area (Å²) in [6.07, 6.45) is 2.52. The molecule has 0 amide bonds. The first-order valence-corrected chi connectivity index (χ1v) is 9.19. The van der Waals surface area contributed by atoms with Crippen molar-refractivity contribution in [1.82, 2.24) is 24.8 Å². The van der Waals surface area contributed by atoms with Crippen molar-refractivity contribution in [3.8, 4) is 0 Å². The van der Waals surface area contributed by atoms with Crippen molar-refractivity contribution in [2.75, 3.05) is 10.6 Å². The number of benzene rings is 1. The molecule has 0 bridgehead atoms. The molecule has 0 spiro atoms.